The first-order chi connectivity index (χ1) is 6.81. The van der Waals surface area contributed by atoms with E-state index in [4.69, 9.17) is 16.3 Å². The predicted molar refractivity (Wildman–Crippen MR) is 53.9 cm³/mol. The zero-order valence-electron chi connectivity index (χ0n) is 7.75. The van der Waals surface area contributed by atoms with Crippen LogP contribution in [0.5, 0.6) is 0 Å². The van der Waals surface area contributed by atoms with Crippen molar-refractivity contribution < 1.29 is 9.13 Å². The zero-order chi connectivity index (χ0) is 9.97. The first kappa shape index (κ1) is 9.94. The summed E-state index contributed by atoms with van der Waals surface area (Å²) >= 11 is 5.82. The van der Waals surface area contributed by atoms with Gasteiger partial charge in [-0.25, -0.2) is 4.39 Å². The van der Waals surface area contributed by atoms with Crippen LogP contribution in [-0.2, 0) is 4.74 Å². The molecule has 1 nitrogen and oxygen atoms in total. The van der Waals surface area contributed by atoms with E-state index < -0.39 is 0 Å². The summed E-state index contributed by atoms with van der Waals surface area (Å²) in [7, 11) is 0. The number of rotatable bonds is 2. The van der Waals surface area contributed by atoms with Gasteiger partial charge in [-0.15, -0.1) is 11.6 Å². The van der Waals surface area contributed by atoms with E-state index in [1.807, 2.05) is 6.07 Å². The maximum absolute atomic E-state index is 13.0. The molecule has 76 valence electrons. The third kappa shape index (κ3) is 1.91. The molecule has 0 saturated carbocycles. The molecular weight excluding hydrogens is 203 g/mol. The Kier molecular flexibility index (Phi) is 3.04. The van der Waals surface area contributed by atoms with E-state index in [0.717, 1.165) is 18.6 Å². The van der Waals surface area contributed by atoms with Crippen LogP contribution in [0, 0.1) is 11.7 Å². The minimum atomic E-state index is -0.216. The second-order valence-corrected chi connectivity index (χ2v) is 3.86. The molecule has 0 aromatic heterocycles. The summed E-state index contributed by atoms with van der Waals surface area (Å²) < 4.78 is 18.5. The summed E-state index contributed by atoms with van der Waals surface area (Å²) in [5.74, 6) is 0.672. The molecule has 0 bridgehead atoms. The van der Waals surface area contributed by atoms with Crippen LogP contribution < -0.4 is 0 Å². The molecule has 0 spiro atoms. The fourth-order valence-electron chi connectivity index (χ4n) is 1.84. The second-order valence-electron chi connectivity index (χ2n) is 3.55. The van der Waals surface area contributed by atoms with Gasteiger partial charge in [0, 0.05) is 18.4 Å². The lowest BCUT2D eigenvalue weighted by molar-refractivity contribution is 0.0949. The van der Waals surface area contributed by atoms with E-state index in [1.165, 1.54) is 12.1 Å². The summed E-state index contributed by atoms with van der Waals surface area (Å²) in [6.45, 7) is 0.721. The van der Waals surface area contributed by atoms with Gasteiger partial charge in [-0.1, -0.05) is 12.1 Å². The molecule has 2 rings (SSSR count). The third-order valence-electron chi connectivity index (χ3n) is 2.59. The molecule has 1 aromatic rings. The van der Waals surface area contributed by atoms with E-state index in [-0.39, 0.29) is 11.9 Å². The molecular formula is C11H12ClFO. The van der Waals surface area contributed by atoms with Gasteiger partial charge >= 0.3 is 0 Å². The highest BCUT2D eigenvalue weighted by molar-refractivity contribution is 6.18. The van der Waals surface area contributed by atoms with Gasteiger partial charge in [-0.2, -0.15) is 0 Å². The molecule has 1 heterocycles. The van der Waals surface area contributed by atoms with Crippen molar-refractivity contribution in [2.75, 3.05) is 12.5 Å². The molecule has 0 amide bonds. The fraction of sp³-hybridized carbons (Fsp3) is 0.455. The highest BCUT2D eigenvalue weighted by Crippen LogP contribution is 2.35. The highest BCUT2D eigenvalue weighted by atomic mass is 35.5. The molecule has 3 heteroatoms. The van der Waals surface area contributed by atoms with Crippen LogP contribution in [0.2, 0.25) is 0 Å². The number of alkyl halides is 1. The Morgan fingerprint density at radius 1 is 1.50 bits per heavy atom. The van der Waals surface area contributed by atoms with Gasteiger partial charge in [0.05, 0.1) is 6.10 Å². The Bertz CT molecular complexity index is 316. The molecule has 1 aromatic carbocycles. The van der Waals surface area contributed by atoms with Crippen LogP contribution in [0.1, 0.15) is 18.1 Å². The number of ether oxygens (including phenoxy) is 1. The fourth-order valence-corrected chi connectivity index (χ4v) is 2.16. The lowest BCUT2D eigenvalue weighted by atomic mass is 9.97. The molecule has 0 radical (unpaired) electrons. The van der Waals surface area contributed by atoms with Crippen LogP contribution in [0.4, 0.5) is 4.39 Å². The molecule has 2 unspecified atom stereocenters. The van der Waals surface area contributed by atoms with E-state index in [9.17, 15) is 4.39 Å². The van der Waals surface area contributed by atoms with E-state index in [1.54, 1.807) is 6.07 Å². The van der Waals surface area contributed by atoms with Crippen LogP contribution >= 0.6 is 11.6 Å². The Hall–Kier alpha value is -0.600. The summed E-state index contributed by atoms with van der Waals surface area (Å²) in [5.41, 5.74) is 0.896. The van der Waals surface area contributed by atoms with Crippen molar-refractivity contribution in [2.24, 2.45) is 5.92 Å². The Morgan fingerprint density at radius 3 is 3.07 bits per heavy atom. The second kappa shape index (κ2) is 4.28. The van der Waals surface area contributed by atoms with Crippen LogP contribution in [0.15, 0.2) is 24.3 Å². The van der Waals surface area contributed by atoms with Crippen molar-refractivity contribution in [3.63, 3.8) is 0 Å². The van der Waals surface area contributed by atoms with E-state index >= 15 is 0 Å². The SMILES string of the molecule is Fc1cccc(C2OCCC2CCl)c1. The third-order valence-corrected chi connectivity index (χ3v) is 2.99. The molecule has 0 N–H and O–H groups in total. The molecule has 1 aliphatic heterocycles. The van der Waals surface area contributed by atoms with E-state index in [2.05, 4.69) is 0 Å². The summed E-state index contributed by atoms with van der Waals surface area (Å²) in [4.78, 5) is 0. The van der Waals surface area contributed by atoms with Crippen LogP contribution in [0.3, 0.4) is 0 Å². The average molecular weight is 215 g/mol. The van der Waals surface area contributed by atoms with Crippen LogP contribution in [0.25, 0.3) is 0 Å². The highest BCUT2D eigenvalue weighted by Gasteiger charge is 2.28. The normalized spacial score (nSPS) is 26.7. The monoisotopic (exact) mass is 214 g/mol. The van der Waals surface area contributed by atoms with E-state index in [0.29, 0.717) is 11.8 Å². The summed E-state index contributed by atoms with van der Waals surface area (Å²) in [5, 5.41) is 0. The van der Waals surface area contributed by atoms with Gasteiger partial charge in [-0.3, -0.25) is 0 Å². The minimum absolute atomic E-state index is 0.0248. The Labute approximate surface area is 87.8 Å². The average Bonchev–Trinajstić information content (AvgIpc) is 2.65. The molecule has 1 aliphatic rings. The largest absolute Gasteiger partial charge is 0.373 e. The maximum atomic E-state index is 13.0. The number of hydrogen-bond donors (Lipinski definition) is 0. The summed E-state index contributed by atoms with van der Waals surface area (Å²) in [6.07, 6.45) is 0.938. The van der Waals surface area contributed by atoms with Gasteiger partial charge in [-0.05, 0) is 24.1 Å². The summed E-state index contributed by atoms with van der Waals surface area (Å²) in [6, 6.07) is 6.56. The number of halogens is 2. The first-order valence-corrected chi connectivity index (χ1v) is 5.28. The quantitative estimate of drug-likeness (QED) is 0.688. The number of benzene rings is 1. The van der Waals surface area contributed by atoms with Crippen molar-refractivity contribution in [3.05, 3.63) is 35.6 Å². The molecule has 14 heavy (non-hydrogen) atoms. The van der Waals surface area contributed by atoms with Gasteiger partial charge < -0.3 is 4.74 Å². The molecule has 1 fully saturated rings. The van der Waals surface area contributed by atoms with Crippen molar-refractivity contribution in [1.82, 2.24) is 0 Å². The molecule has 2 atom stereocenters. The van der Waals surface area contributed by atoms with Crippen molar-refractivity contribution in [2.45, 2.75) is 12.5 Å². The zero-order valence-corrected chi connectivity index (χ0v) is 8.51. The maximum Gasteiger partial charge on any atom is 0.123 e. The Morgan fingerprint density at radius 2 is 2.36 bits per heavy atom. The molecule has 1 saturated heterocycles. The van der Waals surface area contributed by atoms with Gasteiger partial charge in [0.25, 0.3) is 0 Å². The van der Waals surface area contributed by atoms with Gasteiger partial charge in [0.2, 0.25) is 0 Å². The lowest BCUT2D eigenvalue weighted by Crippen LogP contribution is -2.08. The van der Waals surface area contributed by atoms with Crippen molar-refractivity contribution in [3.8, 4) is 0 Å². The number of hydrogen-bond acceptors (Lipinski definition) is 1. The predicted octanol–water partition coefficient (Wildman–Crippen LogP) is 3.14. The lowest BCUT2D eigenvalue weighted by Gasteiger charge is -2.16. The minimum Gasteiger partial charge on any atom is -0.373 e. The first-order valence-electron chi connectivity index (χ1n) is 4.74. The van der Waals surface area contributed by atoms with Crippen molar-refractivity contribution >= 4 is 11.6 Å². The topological polar surface area (TPSA) is 9.23 Å². The van der Waals surface area contributed by atoms with Gasteiger partial charge in [0.15, 0.2) is 0 Å². The van der Waals surface area contributed by atoms with Gasteiger partial charge in [0.1, 0.15) is 5.82 Å². The standard InChI is InChI=1S/C11H12ClFO/c12-7-9-4-5-14-11(9)8-2-1-3-10(13)6-8/h1-3,6,9,11H,4-5,7H2. The smallest absolute Gasteiger partial charge is 0.123 e. The van der Waals surface area contributed by atoms with Crippen LogP contribution in [-0.4, -0.2) is 12.5 Å². The Balaban J connectivity index is 2.21. The van der Waals surface area contributed by atoms with Crippen molar-refractivity contribution in [1.29, 1.82) is 0 Å². The molecule has 0 aliphatic carbocycles.